The van der Waals surface area contributed by atoms with Crippen LogP contribution in [0.15, 0.2) is 65.9 Å². The van der Waals surface area contributed by atoms with Gasteiger partial charge < -0.3 is 19.5 Å². The number of ether oxygens (including phenoxy) is 2. The minimum absolute atomic E-state index is 0.0842. The molecule has 2 aromatic carbocycles. The van der Waals surface area contributed by atoms with E-state index in [1.807, 2.05) is 54.6 Å². The standard InChI is InChI=1S/C29H31N3O5S/c1-19-27(38-28(30-19)20-8-4-3-5-9-20)25(33)23-24(21-10-6-11-22(18-21)36-2)32(29(35)26(23)34)13-7-12-31-14-16-37-17-15-31/h3-6,8-11,18,24,34H,7,12-17H2,1-2H3. The summed E-state index contributed by atoms with van der Waals surface area (Å²) in [6, 6.07) is 16.2. The highest BCUT2D eigenvalue weighted by Gasteiger charge is 2.44. The molecular weight excluding hydrogens is 502 g/mol. The fourth-order valence-electron chi connectivity index (χ4n) is 5.00. The third-order valence-electron chi connectivity index (χ3n) is 6.96. The van der Waals surface area contributed by atoms with E-state index in [1.165, 1.54) is 11.3 Å². The van der Waals surface area contributed by atoms with Crippen molar-refractivity contribution in [3.8, 4) is 16.3 Å². The molecule has 1 unspecified atom stereocenters. The zero-order chi connectivity index (χ0) is 26.6. The number of aliphatic hydroxyl groups is 1. The summed E-state index contributed by atoms with van der Waals surface area (Å²) >= 11 is 1.27. The van der Waals surface area contributed by atoms with Crippen molar-refractivity contribution in [3.05, 3.63) is 82.1 Å². The first-order chi connectivity index (χ1) is 18.5. The van der Waals surface area contributed by atoms with Crippen molar-refractivity contribution in [2.24, 2.45) is 0 Å². The van der Waals surface area contributed by atoms with Crippen LogP contribution in [0.5, 0.6) is 5.75 Å². The highest BCUT2D eigenvalue weighted by atomic mass is 32.1. The molecule has 2 aliphatic heterocycles. The number of aryl methyl sites for hydroxylation is 1. The zero-order valence-electron chi connectivity index (χ0n) is 21.6. The highest BCUT2D eigenvalue weighted by molar-refractivity contribution is 7.17. The van der Waals surface area contributed by atoms with Crippen LogP contribution in [0.4, 0.5) is 0 Å². The van der Waals surface area contributed by atoms with Crippen molar-refractivity contribution in [2.45, 2.75) is 19.4 Å². The maximum absolute atomic E-state index is 14.0. The van der Waals surface area contributed by atoms with E-state index in [0.29, 0.717) is 48.1 Å². The van der Waals surface area contributed by atoms with Gasteiger partial charge in [0.2, 0.25) is 5.78 Å². The van der Waals surface area contributed by atoms with Gasteiger partial charge in [0.1, 0.15) is 10.8 Å². The van der Waals surface area contributed by atoms with E-state index in [9.17, 15) is 14.7 Å². The molecule has 1 fully saturated rings. The summed E-state index contributed by atoms with van der Waals surface area (Å²) in [4.78, 5) is 36.3. The smallest absolute Gasteiger partial charge is 0.290 e. The molecule has 3 aromatic rings. The third-order valence-corrected chi connectivity index (χ3v) is 8.16. The lowest BCUT2D eigenvalue weighted by Crippen LogP contribution is -2.39. The van der Waals surface area contributed by atoms with E-state index in [2.05, 4.69) is 9.88 Å². The summed E-state index contributed by atoms with van der Waals surface area (Å²) in [6.07, 6.45) is 0.707. The van der Waals surface area contributed by atoms with Crippen LogP contribution in [-0.4, -0.2) is 78.1 Å². The largest absolute Gasteiger partial charge is 0.503 e. The zero-order valence-corrected chi connectivity index (χ0v) is 22.4. The van der Waals surface area contributed by atoms with Gasteiger partial charge in [-0.25, -0.2) is 4.98 Å². The van der Waals surface area contributed by atoms with Gasteiger partial charge in [-0.05, 0) is 31.0 Å². The summed E-state index contributed by atoms with van der Waals surface area (Å²) in [6.45, 7) is 6.10. The molecule has 198 valence electrons. The number of methoxy groups -OCH3 is 1. The number of hydrogen-bond donors (Lipinski definition) is 1. The maximum atomic E-state index is 14.0. The molecule has 3 heterocycles. The number of morpholine rings is 1. The van der Waals surface area contributed by atoms with Crippen molar-refractivity contribution < 1.29 is 24.2 Å². The van der Waals surface area contributed by atoms with Gasteiger partial charge in [0, 0.05) is 31.7 Å². The molecule has 0 aliphatic carbocycles. The van der Waals surface area contributed by atoms with Crippen molar-refractivity contribution in [3.63, 3.8) is 0 Å². The van der Waals surface area contributed by atoms with Gasteiger partial charge in [0.15, 0.2) is 5.76 Å². The van der Waals surface area contributed by atoms with Crippen molar-refractivity contribution in [1.29, 1.82) is 0 Å². The number of ketones is 1. The van der Waals surface area contributed by atoms with E-state index < -0.39 is 17.7 Å². The van der Waals surface area contributed by atoms with Gasteiger partial charge in [0.25, 0.3) is 5.91 Å². The Morgan fingerprint density at radius 2 is 1.89 bits per heavy atom. The molecule has 1 saturated heterocycles. The summed E-state index contributed by atoms with van der Waals surface area (Å²) in [5.74, 6) is -0.796. The Morgan fingerprint density at radius 1 is 1.13 bits per heavy atom. The van der Waals surface area contributed by atoms with Crippen LogP contribution >= 0.6 is 11.3 Å². The number of nitrogens with zero attached hydrogens (tertiary/aromatic N) is 3. The van der Waals surface area contributed by atoms with Crippen LogP contribution in [0.25, 0.3) is 10.6 Å². The SMILES string of the molecule is COc1cccc(C2C(C(=O)c3sc(-c4ccccc4)nc3C)=C(O)C(=O)N2CCCN2CCOCC2)c1. The molecule has 2 aliphatic rings. The molecule has 38 heavy (non-hydrogen) atoms. The second-order valence-corrected chi connectivity index (χ2v) is 10.4. The van der Waals surface area contributed by atoms with Crippen molar-refractivity contribution >= 4 is 23.0 Å². The first-order valence-corrected chi connectivity index (χ1v) is 13.5. The lowest BCUT2D eigenvalue weighted by molar-refractivity contribution is -0.129. The number of rotatable bonds is 9. The molecule has 9 heteroatoms. The molecule has 0 saturated carbocycles. The predicted molar refractivity (Wildman–Crippen MR) is 146 cm³/mol. The average molecular weight is 534 g/mol. The second-order valence-electron chi connectivity index (χ2n) is 9.38. The second kappa shape index (κ2) is 11.5. The Bertz CT molecular complexity index is 1350. The fraction of sp³-hybridized carbons (Fsp3) is 0.345. The van der Waals surface area contributed by atoms with Crippen LogP contribution in [0.3, 0.4) is 0 Å². The van der Waals surface area contributed by atoms with Gasteiger partial charge in [-0.2, -0.15) is 0 Å². The molecule has 0 spiro atoms. The molecule has 0 bridgehead atoms. The van der Waals surface area contributed by atoms with E-state index in [-0.39, 0.29) is 11.4 Å². The summed E-state index contributed by atoms with van der Waals surface area (Å²) in [5.41, 5.74) is 2.28. The average Bonchev–Trinajstić information content (AvgIpc) is 3.46. The number of thiazole rings is 1. The molecule has 1 atom stereocenters. The van der Waals surface area contributed by atoms with Gasteiger partial charge in [0.05, 0.1) is 42.5 Å². The molecule has 1 amide bonds. The highest BCUT2D eigenvalue weighted by Crippen LogP contribution is 2.41. The quantitative estimate of drug-likeness (QED) is 0.407. The van der Waals surface area contributed by atoms with E-state index >= 15 is 0 Å². The van der Waals surface area contributed by atoms with E-state index in [1.54, 1.807) is 18.9 Å². The minimum Gasteiger partial charge on any atom is -0.503 e. The number of carbonyl (C=O) groups excluding carboxylic acids is 2. The Labute approximate surface area is 226 Å². The van der Waals surface area contributed by atoms with E-state index in [4.69, 9.17) is 9.47 Å². The number of hydrogen-bond acceptors (Lipinski definition) is 8. The molecule has 0 radical (unpaired) electrons. The Morgan fingerprint density at radius 3 is 2.63 bits per heavy atom. The molecular formula is C29H31N3O5S. The third kappa shape index (κ3) is 5.22. The number of amides is 1. The van der Waals surface area contributed by atoms with Gasteiger partial charge >= 0.3 is 0 Å². The van der Waals surface area contributed by atoms with Crippen LogP contribution in [0.2, 0.25) is 0 Å². The molecule has 8 nitrogen and oxygen atoms in total. The first kappa shape index (κ1) is 26.1. The van der Waals surface area contributed by atoms with E-state index in [0.717, 1.165) is 30.2 Å². The lowest BCUT2D eigenvalue weighted by atomic mass is 9.95. The Balaban J connectivity index is 1.47. The predicted octanol–water partition coefficient (Wildman–Crippen LogP) is 4.43. The molecule has 1 aromatic heterocycles. The van der Waals surface area contributed by atoms with Crippen molar-refractivity contribution in [1.82, 2.24) is 14.8 Å². The normalized spacial score (nSPS) is 18.3. The Hall–Kier alpha value is -3.53. The first-order valence-electron chi connectivity index (χ1n) is 12.7. The van der Waals surface area contributed by atoms with Crippen LogP contribution in [-0.2, 0) is 9.53 Å². The van der Waals surface area contributed by atoms with Crippen LogP contribution in [0.1, 0.15) is 33.4 Å². The minimum atomic E-state index is -0.725. The fourth-order valence-corrected chi connectivity index (χ4v) is 6.02. The number of carbonyl (C=O) groups is 2. The van der Waals surface area contributed by atoms with Gasteiger partial charge in [-0.3, -0.25) is 14.5 Å². The monoisotopic (exact) mass is 533 g/mol. The summed E-state index contributed by atoms with van der Waals surface area (Å²) in [5, 5.41) is 11.8. The lowest BCUT2D eigenvalue weighted by Gasteiger charge is -2.30. The van der Waals surface area contributed by atoms with Crippen molar-refractivity contribution in [2.75, 3.05) is 46.5 Å². The Kier molecular flexibility index (Phi) is 7.87. The number of benzene rings is 2. The van der Waals surface area contributed by atoms with Gasteiger partial charge in [-0.15, -0.1) is 11.3 Å². The number of Topliss-reactive ketones (excluding diaryl/α,β-unsaturated/α-hetero) is 1. The molecule has 5 rings (SSSR count). The topological polar surface area (TPSA) is 92.2 Å². The summed E-state index contributed by atoms with van der Waals surface area (Å²) in [7, 11) is 1.57. The van der Waals surface area contributed by atoms with Crippen LogP contribution < -0.4 is 4.74 Å². The van der Waals surface area contributed by atoms with Crippen LogP contribution in [0, 0.1) is 6.92 Å². The maximum Gasteiger partial charge on any atom is 0.290 e. The number of aliphatic hydroxyl groups excluding tert-OH is 1. The van der Waals surface area contributed by atoms with Gasteiger partial charge in [-0.1, -0.05) is 42.5 Å². The molecule has 1 N–H and O–H groups in total. The number of aromatic nitrogens is 1. The summed E-state index contributed by atoms with van der Waals surface area (Å²) < 4.78 is 10.9.